The number of pyridine rings is 1. The van der Waals surface area contributed by atoms with Crippen LogP contribution in [0.25, 0.3) is 10.9 Å². The molecule has 142 valence electrons. The quantitative estimate of drug-likeness (QED) is 0.620. The van der Waals surface area contributed by atoms with Crippen molar-refractivity contribution in [3.05, 3.63) is 33.9 Å². The number of carbonyl (C=O) groups is 2. The van der Waals surface area contributed by atoms with Gasteiger partial charge in [0.1, 0.15) is 17.3 Å². The lowest BCUT2D eigenvalue weighted by Crippen LogP contribution is -2.45. The molecule has 1 atom stereocenters. The van der Waals surface area contributed by atoms with Gasteiger partial charge in [0, 0.05) is 32.4 Å². The Balaban J connectivity index is 2.04. The molecular formula is C18H18FN3O5. The van der Waals surface area contributed by atoms with Gasteiger partial charge in [-0.2, -0.15) is 0 Å². The third-order valence-electron chi connectivity index (χ3n) is 5.21. The third kappa shape index (κ3) is 2.57. The molecule has 1 saturated heterocycles. The lowest BCUT2D eigenvalue weighted by Gasteiger charge is -2.36. The molecule has 27 heavy (non-hydrogen) atoms. The summed E-state index contributed by atoms with van der Waals surface area (Å²) in [7, 11) is 1.96. The SMILES string of the molecule is C[C@H]1C(=O)Oc2c(N3CCN(C)CC3)c(F)cc3c(=O)c(C(=O)O)cn1c23. The van der Waals surface area contributed by atoms with E-state index in [1.165, 1.54) is 4.57 Å². The second-order valence-corrected chi connectivity index (χ2v) is 6.90. The number of aromatic carboxylic acids is 1. The average molecular weight is 375 g/mol. The van der Waals surface area contributed by atoms with E-state index in [1.807, 2.05) is 7.05 Å². The van der Waals surface area contributed by atoms with Gasteiger partial charge in [0.25, 0.3) is 0 Å². The summed E-state index contributed by atoms with van der Waals surface area (Å²) in [6.45, 7) is 4.05. The normalized spacial score (nSPS) is 20.0. The molecule has 1 aromatic carbocycles. The number of benzene rings is 1. The maximum absolute atomic E-state index is 15.0. The van der Waals surface area contributed by atoms with Crippen molar-refractivity contribution in [2.24, 2.45) is 0 Å². The van der Waals surface area contributed by atoms with Crippen molar-refractivity contribution in [3.8, 4) is 5.75 Å². The highest BCUT2D eigenvalue weighted by molar-refractivity contribution is 6.00. The number of likely N-dealkylation sites (N-methyl/N-ethyl adjacent to an activating group) is 1. The summed E-state index contributed by atoms with van der Waals surface area (Å²) in [6.07, 6.45) is 1.13. The number of anilines is 1. The van der Waals surface area contributed by atoms with E-state index in [9.17, 15) is 23.9 Å². The van der Waals surface area contributed by atoms with Crippen LogP contribution >= 0.6 is 0 Å². The Hall–Kier alpha value is -2.94. The molecule has 1 N–H and O–H groups in total. The van der Waals surface area contributed by atoms with Gasteiger partial charge in [-0.1, -0.05) is 0 Å². The second kappa shape index (κ2) is 6.05. The average Bonchev–Trinajstić information content (AvgIpc) is 2.62. The van der Waals surface area contributed by atoms with E-state index in [2.05, 4.69) is 4.90 Å². The van der Waals surface area contributed by atoms with Crippen LogP contribution in [0.3, 0.4) is 0 Å². The van der Waals surface area contributed by atoms with Crippen LogP contribution < -0.4 is 15.1 Å². The minimum Gasteiger partial charge on any atom is -0.477 e. The largest absolute Gasteiger partial charge is 0.477 e. The molecule has 8 nitrogen and oxygen atoms in total. The molecule has 0 unspecified atom stereocenters. The van der Waals surface area contributed by atoms with Crippen LogP contribution in [0.4, 0.5) is 10.1 Å². The van der Waals surface area contributed by atoms with E-state index in [1.54, 1.807) is 11.8 Å². The van der Waals surface area contributed by atoms with Crippen molar-refractivity contribution in [1.29, 1.82) is 0 Å². The first-order chi connectivity index (χ1) is 12.8. The summed E-state index contributed by atoms with van der Waals surface area (Å²) in [5.74, 6) is -2.80. The maximum Gasteiger partial charge on any atom is 0.341 e. The summed E-state index contributed by atoms with van der Waals surface area (Å²) in [5, 5.41) is 9.19. The van der Waals surface area contributed by atoms with E-state index in [0.29, 0.717) is 26.2 Å². The molecule has 9 heteroatoms. The van der Waals surface area contributed by atoms with Gasteiger partial charge in [0.2, 0.25) is 5.43 Å². The van der Waals surface area contributed by atoms with Crippen molar-refractivity contribution < 1.29 is 23.8 Å². The monoisotopic (exact) mass is 375 g/mol. The standard InChI is InChI=1S/C18H18FN3O5/c1-9-18(26)27-16-13-10(15(23)11(17(24)25)8-22(9)13)7-12(19)14(16)21-5-3-20(2)4-6-21/h7-9H,3-6H2,1-2H3,(H,24,25)/t9-/m0/s1. The van der Waals surface area contributed by atoms with Gasteiger partial charge >= 0.3 is 11.9 Å². The van der Waals surface area contributed by atoms with Crippen molar-refractivity contribution in [3.63, 3.8) is 0 Å². The number of hydrogen-bond donors (Lipinski definition) is 1. The van der Waals surface area contributed by atoms with E-state index in [4.69, 9.17) is 4.74 Å². The third-order valence-corrected chi connectivity index (χ3v) is 5.21. The van der Waals surface area contributed by atoms with Crippen LogP contribution in [0.2, 0.25) is 0 Å². The highest BCUT2D eigenvalue weighted by atomic mass is 19.1. The lowest BCUT2D eigenvalue weighted by atomic mass is 10.1. The molecule has 0 spiro atoms. The Labute approximate surface area is 153 Å². The van der Waals surface area contributed by atoms with Crippen LogP contribution in [0, 0.1) is 5.82 Å². The number of carbonyl (C=O) groups excluding carboxylic acids is 1. The van der Waals surface area contributed by atoms with Crippen LogP contribution in [0.1, 0.15) is 23.3 Å². The Morgan fingerprint density at radius 3 is 2.56 bits per heavy atom. The van der Waals surface area contributed by atoms with Gasteiger partial charge in [-0.15, -0.1) is 0 Å². The first-order valence-corrected chi connectivity index (χ1v) is 8.59. The van der Waals surface area contributed by atoms with Crippen LogP contribution in [0.5, 0.6) is 5.75 Å². The summed E-state index contributed by atoms with van der Waals surface area (Å²) < 4.78 is 21.8. The molecule has 0 radical (unpaired) electrons. The summed E-state index contributed by atoms with van der Waals surface area (Å²) in [6, 6.07) is 0.216. The number of carboxylic acids is 1. The van der Waals surface area contributed by atoms with Gasteiger partial charge in [-0.05, 0) is 20.0 Å². The van der Waals surface area contributed by atoms with E-state index in [-0.39, 0.29) is 22.3 Å². The molecule has 1 fully saturated rings. The second-order valence-electron chi connectivity index (χ2n) is 6.90. The number of carboxylic acid groups (broad SMARTS) is 1. The maximum atomic E-state index is 15.0. The fourth-order valence-electron chi connectivity index (χ4n) is 3.62. The van der Waals surface area contributed by atoms with Crippen molar-refractivity contribution in [1.82, 2.24) is 9.47 Å². The number of esters is 1. The van der Waals surface area contributed by atoms with Gasteiger partial charge in [-0.3, -0.25) is 4.79 Å². The fraction of sp³-hybridized carbons (Fsp3) is 0.389. The highest BCUT2D eigenvalue weighted by Gasteiger charge is 2.34. The predicted molar refractivity (Wildman–Crippen MR) is 95.2 cm³/mol. The van der Waals surface area contributed by atoms with E-state index < -0.39 is 34.8 Å². The molecule has 0 amide bonds. The highest BCUT2D eigenvalue weighted by Crippen LogP contribution is 2.42. The predicted octanol–water partition coefficient (Wildman–Crippen LogP) is 1.07. The number of aromatic nitrogens is 1. The number of piperazine rings is 1. The number of hydrogen-bond acceptors (Lipinski definition) is 6. The minimum absolute atomic E-state index is 0.0216. The van der Waals surface area contributed by atoms with E-state index >= 15 is 0 Å². The van der Waals surface area contributed by atoms with Crippen LogP contribution in [-0.4, -0.2) is 59.7 Å². The first kappa shape index (κ1) is 17.5. The lowest BCUT2D eigenvalue weighted by molar-refractivity contribution is -0.138. The Morgan fingerprint density at radius 1 is 1.26 bits per heavy atom. The zero-order chi connectivity index (χ0) is 19.5. The Kier molecular flexibility index (Phi) is 3.92. The molecule has 1 aromatic heterocycles. The number of rotatable bonds is 2. The minimum atomic E-state index is -1.43. The van der Waals surface area contributed by atoms with Gasteiger partial charge < -0.3 is 24.2 Å². The zero-order valence-corrected chi connectivity index (χ0v) is 14.9. The van der Waals surface area contributed by atoms with Crippen molar-refractivity contribution >= 4 is 28.5 Å². The molecule has 3 heterocycles. The van der Waals surface area contributed by atoms with Crippen LogP contribution in [0.15, 0.2) is 17.1 Å². The van der Waals surface area contributed by atoms with Gasteiger partial charge in [-0.25, -0.2) is 14.0 Å². The van der Waals surface area contributed by atoms with Gasteiger partial charge in [0.05, 0.1) is 10.9 Å². The summed E-state index contributed by atoms with van der Waals surface area (Å²) >= 11 is 0. The van der Waals surface area contributed by atoms with E-state index in [0.717, 1.165) is 12.3 Å². The summed E-state index contributed by atoms with van der Waals surface area (Å²) in [5.41, 5.74) is -0.940. The molecule has 2 aliphatic rings. The molecule has 4 rings (SSSR count). The number of ether oxygens (including phenoxy) is 1. The topological polar surface area (TPSA) is 92.1 Å². The fourth-order valence-corrected chi connectivity index (χ4v) is 3.62. The molecule has 0 saturated carbocycles. The zero-order valence-electron chi connectivity index (χ0n) is 14.9. The number of halogens is 1. The van der Waals surface area contributed by atoms with Crippen molar-refractivity contribution in [2.45, 2.75) is 13.0 Å². The molecule has 0 aliphatic carbocycles. The smallest absolute Gasteiger partial charge is 0.341 e. The summed E-state index contributed by atoms with van der Waals surface area (Å²) in [4.78, 5) is 40.2. The number of nitrogens with zero attached hydrogens (tertiary/aromatic N) is 3. The van der Waals surface area contributed by atoms with Crippen LogP contribution in [-0.2, 0) is 4.79 Å². The Morgan fingerprint density at radius 2 is 1.93 bits per heavy atom. The molecular weight excluding hydrogens is 357 g/mol. The first-order valence-electron chi connectivity index (χ1n) is 8.59. The Bertz CT molecular complexity index is 1040. The molecule has 2 aromatic rings. The molecule has 0 bridgehead atoms. The van der Waals surface area contributed by atoms with Gasteiger partial charge in [0.15, 0.2) is 11.6 Å². The van der Waals surface area contributed by atoms with Crippen molar-refractivity contribution in [2.75, 3.05) is 38.1 Å². The molecule has 2 aliphatic heterocycles.